The smallest absolute Gasteiger partial charge is 0.278 e. The van der Waals surface area contributed by atoms with Crippen LogP contribution in [0.1, 0.15) is 0 Å². The van der Waals surface area contributed by atoms with Crippen LogP contribution < -0.4 is 5.56 Å². The van der Waals surface area contributed by atoms with E-state index in [1.165, 1.54) is 6.33 Å². The zero-order valence-electron chi connectivity index (χ0n) is 7.74. The first kappa shape index (κ1) is 9.80. The van der Waals surface area contributed by atoms with E-state index in [4.69, 9.17) is 11.6 Å². The summed E-state index contributed by atoms with van der Waals surface area (Å²) in [6.07, 6.45) is 3.01. The Kier molecular flexibility index (Phi) is 2.02. The van der Waals surface area contributed by atoms with Crippen LogP contribution in [0, 0.1) is 0 Å². The first-order chi connectivity index (χ1) is 7.66. The molecule has 0 aliphatic rings. The fraction of sp³-hybridized carbons (Fsp3) is 0. The Bertz CT molecular complexity index is 763. The fourth-order valence-corrected chi connectivity index (χ4v) is 2.42. The van der Waals surface area contributed by atoms with Gasteiger partial charge in [0.15, 0.2) is 16.8 Å². The maximum atomic E-state index is 11.5. The van der Waals surface area contributed by atoms with Gasteiger partial charge in [-0.25, -0.2) is 9.97 Å². The van der Waals surface area contributed by atoms with Crippen LogP contribution in [0.25, 0.3) is 16.8 Å². The van der Waals surface area contributed by atoms with Gasteiger partial charge >= 0.3 is 0 Å². The van der Waals surface area contributed by atoms with Crippen molar-refractivity contribution in [1.29, 1.82) is 0 Å². The molecule has 5 nitrogen and oxygen atoms in total. The number of halogens is 2. The highest BCUT2D eigenvalue weighted by Gasteiger charge is 2.11. The van der Waals surface area contributed by atoms with Crippen molar-refractivity contribution in [1.82, 2.24) is 19.4 Å². The van der Waals surface area contributed by atoms with Crippen LogP contribution >= 0.6 is 27.5 Å². The normalized spacial score (nSPS) is 11.4. The van der Waals surface area contributed by atoms with E-state index in [1.807, 2.05) is 0 Å². The van der Waals surface area contributed by atoms with Gasteiger partial charge in [0, 0.05) is 6.20 Å². The van der Waals surface area contributed by atoms with Crippen molar-refractivity contribution in [3.05, 3.63) is 38.4 Å². The number of imidazole rings is 1. The van der Waals surface area contributed by atoms with Crippen molar-refractivity contribution in [2.75, 3.05) is 0 Å². The van der Waals surface area contributed by atoms with Crippen LogP contribution in [0.5, 0.6) is 0 Å². The lowest BCUT2D eigenvalue weighted by molar-refractivity contribution is 1.12. The molecule has 0 saturated carbocycles. The number of hydrogen-bond donors (Lipinski definition) is 1. The number of H-pyrrole nitrogens is 1. The third kappa shape index (κ3) is 1.27. The monoisotopic (exact) mass is 298 g/mol. The van der Waals surface area contributed by atoms with E-state index < -0.39 is 0 Å². The van der Waals surface area contributed by atoms with Crippen LogP contribution in [0.4, 0.5) is 0 Å². The van der Waals surface area contributed by atoms with E-state index >= 15 is 0 Å². The minimum absolute atomic E-state index is 0.267. The summed E-state index contributed by atoms with van der Waals surface area (Å²) in [5.41, 5.74) is 1.13. The molecule has 0 atom stereocenters. The zero-order valence-corrected chi connectivity index (χ0v) is 10.1. The molecule has 80 valence electrons. The molecular formula is C9H4BrClN4O. The van der Waals surface area contributed by atoms with Gasteiger partial charge in [-0.2, -0.15) is 0 Å². The molecule has 3 heterocycles. The van der Waals surface area contributed by atoms with Crippen LogP contribution in [-0.4, -0.2) is 19.4 Å². The standard InChI is InChI=1S/C9H4BrClN4O/c10-5-1-4(11)2-15-7(5)14-6-8(15)12-3-13-9(6)16/h1-3H,(H,12,13,16). The second-order valence-corrected chi connectivity index (χ2v) is 4.51. The lowest BCUT2D eigenvalue weighted by atomic mass is 10.5. The summed E-state index contributed by atoms with van der Waals surface area (Å²) in [4.78, 5) is 22.3. The minimum atomic E-state index is -0.267. The molecule has 0 saturated heterocycles. The molecule has 0 unspecified atom stereocenters. The Balaban J connectivity index is 2.66. The van der Waals surface area contributed by atoms with Gasteiger partial charge in [0.25, 0.3) is 5.56 Å². The second kappa shape index (κ2) is 3.29. The van der Waals surface area contributed by atoms with Crippen molar-refractivity contribution < 1.29 is 0 Å². The maximum absolute atomic E-state index is 11.5. The number of hydrogen-bond acceptors (Lipinski definition) is 3. The number of nitrogens with one attached hydrogen (secondary N) is 1. The number of aromatic amines is 1. The first-order valence-electron chi connectivity index (χ1n) is 4.37. The quantitative estimate of drug-likeness (QED) is 0.690. The molecule has 0 aliphatic carbocycles. The SMILES string of the molecule is O=c1[nH]cnc2c1nc1c(Br)cc(Cl)cn12. The first-order valence-corrected chi connectivity index (χ1v) is 5.54. The van der Waals surface area contributed by atoms with Crippen molar-refractivity contribution in [2.24, 2.45) is 0 Å². The Morgan fingerprint density at radius 3 is 3.06 bits per heavy atom. The van der Waals surface area contributed by atoms with Crippen molar-refractivity contribution in [3.8, 4) is 0 Å². The molecule has 0 spiro atoms. The second-order valence-electron chi connectivity index (χ2n) is 3.22. The third-order valence-corrected chi connectivity index (χ3v) is 3.00. The molecule has 0 aliphatic heterocycles. The minimum Gasteiger partial charge on any atom is -0.311 e. The average Bonchev–Trinajstić information content (AvgIpc) is 2.59. The lowest BCUT2D eigenvalue weighted by Gasteiger charge is -1.97. The van der Waals surface area contributed by atoms with Gasteiger partial charge in [-0.3, -0.25) is 9.20 Å². The van der Waals surface area contributed by atoms with E-state index in [1.54, 1.807) is 16.7 Å². The molecule has 0 aromatic carbocycles. The van der Waals surface area contributed by atoms with Crippen molar-refractivity contribution >= 4 is 44.3 Å². The maximum Gasteiger partial charge on any atom is 0.278 e. The molecule has 3 aromatic heterocycles. The van der Waals surface area contributed by atoms with Crippen molar-refractivity contribution in [3.63, 3.8) is 0 Å². The molecule has 0 radical (unpaired) electrons. The summed E-state index contributed by atoms with van der Waals surface area (Å²) in [5, 5.41) is 0.542. The number of fused-ring (bicyclic) bond motifs is 3. The largest absolute Gasteiger partial charge is 0.311 e. The Morgan fingerprint density at radius 2 is 2.25 bits per heavy atom. The van der Waals surface area contributed by atoms with Crippen LogP contribution in [0.2, 0.25) is 5.02 Å². The summed E-state index contributed by atoms with van der Waals surface area (Å²) in [5.74, 6) is 0. The number of pyridine rings is 1. The molecule has 7 heteroatoms. The van der Waals surface area contributed by atoms with Crippen LogP contribution in [-0.2, 0) is 0 Å². The van der Waals surface area contributed by atoms with E-state index in [0.717, 1.165) is 4.47 Å². The lowest BCUT2D eigenvalue weighted by Crippen LogP contribution is -2.06. The Labute approximate surface area is 102 Å². The summed E-state index contributed by atoms with van der Waals surface area (Å²) < 4.78 is 2.40. The number of nitrogens with zero attached hydrogens (tertiary/aromatic N) is 3. The van der Waals surface area contributed by atoms with Gasteiger partial charge in [-0.15, -0.1) is 0 Å². The molecule has 0 fully saturated rings. The molecule has 3 aromatic rings. The highest BCUT2D eigenvalue weighted by Crippen LogP contribution is 2.24. The van der Waals surface area contributed by atoms with Crippen LogP contribution in [0.15, 0.2) is 27.9 Å². The summed E-state index contributed by atoms with van der Waals surface area (Å²) in [6.45, 7) is 0. The van der Waals surface area contributed by atoms with Crippen LogP contribution in [0.3, 0.4) is 0 Å². The Hall–Kier alpha value is -1.40. The van der Waals surface area contributed by atoms with Gasteiger partial charge in [0.2, 0.25) is 0 Å². The summed E-state index contributed by atoms with van der Waals surface area (Å²) in [7, 11) is 0. The predicted octanol–water partition coefficient (Wildman–Crippen LogP) is 1.99. The summed E-state index contributed by atoms with van der Waals surface area (Å²) in [6, 6.07) is 1.72. The van der Waals surface area contributed by atoms with Gasteiger partial charge in [-0.05, 0) is 22.0 Å². The molecule has 0 amide bonds. The van der Waals surface area contributed by atoms with Crippen molar-refractivity contribution in [2.45, 2.75) is 0 Å². The molecule has 3 rings (SSSR count). The van der Waals surface area contributed by atoms with E-state index in [0.29, 0.717) is 21.8 Å². The molecule has 1 N–H and O–H groups in total. The highest BCUT2D eigenvalue weighted by molar-refractivity contribution is 9.10. The molecule has 0 bridgehead atoms. The van der Waals surface area contributed by atoms with E-state index in [9.17, 15) is 4.79 Å². The third-order valence-electron chi connectivity index (χ3n) is 2.21. The molecular weight excluding hydrogens is 295 g/mol. The topological polar surface area (TPSA) is 63.0 Å². The Morgan fingerprint density at radius 1 is 1.44 bits per heavy atom. The number of rotatable bonds is 0. The average molecular weight is 300 g/mol. The van der Waals surface area contributed by atoms with Gasteiger partial charge in [-0.1, -0.05) is 11.6 Å². The van der Waals surface area contributed by atoms with Gasteiger partial charge in [0.05, 0.1) is 15.8 Å². The fourth-order valence-electron chi connectivity index (χ4n) is 1.56. The summed E-state index contributed by atoms with van der Waals surface area (Å²) >= 11 is 9.27. The van der Waals surface area contributed by atoms with E-state index in [2.05, 4.69) is 30.9 Å². The predicted molar refractivity (Wildman–Crippen MR) is 63.8 cm³/mol. The zero-order chi connectivity index (χ0) is 11.3. The number of aromatic nitrogens is 4. The molecule has 16 heavy (non-hydrogen) atoms. The van der Waals surface area contributed by atoms with Gasteiger partial charge < -0.3 is 4.98 Å². The van der Waals surface area contributed by atoms with E-state index in [-0.39, 0.29) is 5.56 Å². The van der Waals surface area contributed by atoms with Gasteiger partial charge in [0.1, 0.15) is 0 Å². The highest BCUT2D eigenvalue weighted by atomic mass is 79.9.